The molecule has 2 N–H and O–H groups in total. The van der Waals surface area contributed by atoms with Crippen molar-refractivity contribution < 1.29 is 13.5 Å². The molecule has 3 aromatic rings. The van der Waals surface area contributed by atoms with Gasteiger partial charge < -0.3 is 15.0 Å². The third-order valence-corrected chi connectivity index (χ3v) is 7.98. The van der Waals surface area contributed by atoms with Crippen LogP contribution in [0.3, 0.4) is 0 Å². The van der Waals surface area contributed by atoms with Gasteiger partial charge in [-0.15, -0.1) is 0 Å². The van der Waals surface area contributed by atoms with Gasteiger partial charge in [-0.2, -0.15) is 4.31 Å². The second-order valence-corrected chi connectivity index (χ2v) is 9.88. The van der Waals surface area contributed by atoms with E-state index in [1.165, 1.54) is 0 Å². The summed E-state index contributed by atoms with van der Waals surface area (Å²) >= 11 is 0. The summed E-state index contributed by atoms with van der Waals surface area (Å²) in [5.41, 5.74) is 0.926. The van der Waals surface area contributed by atoms with Crippen LogP contribution in [-0.2, 0) is 10.0 Å². The Kier molecular flexibility index (Phi) is 5.32. The topological polar surface area (TPSA) is 101 Å². The number of sulfonamides is 1. The van der Waals surface area contributed by atoms with Crippen LogP contribution in [0, 0.1) is 0 Å². The summed E-state index contributed by atoms with van der Waals surface area (Å²) in [5, 5.41) is 12.6. The van der Waals surface area contributed by atoms with Gasteiger partial charge in [0.1, 0.15) is 0 Å². The largest absolute Gasteiger partial charge is 0.494 e. The molecular formula is C23H25N5O3S. The third-order valence-electron chi connectivity index (χ3n) is 6.04. The van der Waals surface area contributed by atoms with Crippen molar-refractivity contribution in [2.24, 2.45) is 9.98 Å². The number of hydrogen-bond donors (Lipinski definition) is 2. The number of aromatic hydroxyl groups is 1. The molecule has 3 heterocycles. The van der Waals surface area contributed by atoms with Crippen LogP contribution in [0.5, 0.6) is 5.88 Å². The van der Waals surface area contributed by atoms with Crippen molar-refractivity contribution >= 4 is 27.0 Å². The van der Waals surface area contributed by atoms with Crippen molar-refractivity contribution in [1.29, 1.82) is 0 Å². The molecule has 0 unspecified atom stereocenters. The minimum Gasteiger partial charge on any atom is -0.494 e. The first-order chi connectivity index (χ1) is 15.5. The van der Waals surface area contributed by atoms with Crippen molar-refractivity contribution in [1.82, 2.24) is 14.2 Å². The summed E-state index contributed by atoms with van der Waals surface area (Å²) < 4.78 is 28.9. The predicted octanol–water partition coefficient (Wildman–Crippen LogP) is 1.84. The Morgan fingerprint density at radius 3 is 2.50 bits per heavy atom. The summed E-state index contributed by atoms with van der Waals surface area (Å²) in [6.45, 7) is 5.50. The minimum atomic E-state index is -3.75. The van der Waals surface area contributed by atoms with Gasteiger partial charge in [-0.1, -0.05) is 25.1 Å². The Morgan fingerprint density at radius 1 is 1.03 bits per heavy atom. The van der Waals surface area contributed by atoms with E-state index >= 15 is 0 Å². The van der Waals surface area contributed by atoms with Gasteiger partial charge in [0, 0.05) is 30.6 Å². The van der Waals surface area contributed by atoms with Crippen LogP contribution < -0.4 is 10.7 Å². The second kappa shape index (κ2) is 8.16. The molecular weight excluding hydrogens is 426 g/mol. The van der Waals surface area contributed by atoms with Gasteiger partial charge in [-0.25, -0.2) is 18.4 Å². The molecule has 0 spiro atoms. The van der Waals surface area contributed by atoms with Gasteiger partial charge >= 0.3 is 0 Å². The van der Waals surface area contributed by atoms with E-state index in [-0.39, 0.29) is 10.8 Å². The summed E-state index contributed by atoms with van der Waals surface area (Å²) in [6, 6.07) is 12.6. The zero-order chi connectivity index (χ0) is 22.3. The summed E-state index contributed by atoms with van der Waals surface area (Å²) in [5.74, 6) is 0.312. The van der Waals surface area contributed by atoms with E-state index in [1.54, 1.807) is 28.6 Å². The lowest BCUT2D eigenvalue weighted by Gasteiger charge is -2.21. The quantitative estimate of drug-likeness (QED) is 0.632. The number of fused-ring (bicyclic) bond motifs is 2. The molecule has 2 aliphatic rings. The monoisotopic (exact) mass is 451 g/mol. The molecule has 0 bridgehead atoms. The molecule has 8 nitrogen and oxygen atoms in total. The fraction of sp³-hybridized carbons (Fsp3) is 0.304. The van der Waals surface area contributed by atoms with E-state index in [0.29, 0.717) is 41.9 Å². The Morgan fingerprint density at radius 2 is 1.78 bits per heavy atom. The lowest BCUT2D eigenvalue weighted by molar-refractivity contribution is 0.302. The number of aromatic nitrogens is 1. The Balaban J connectivity index is 1.61. The zero-order valence-electron chi connectivity index (χ0n) is 17.8. The van der Waals surface area contributed by atoms with Gasteiger partial charge in [0.2, 0.25) is 10.0 Å². The van der Waals surface area contributed by atoms with Crippen molar-refractivity contribution in [3.05, 3.63) is 64.6 Å². The molecule has 2 aliphatic heterocycles. The van der Waals surface area contributed by atoms with Gasteiger partial charge in [0.25, 0.3) is 0 Å². The van der Waals surface area contributed by atoms with Gasteiger partial charge in [0.05, 0.1) is 21.1 Å². The third kappa shape index (κ3) is 3.62. The molecule has 0 radical (unpaired) electrons. The van der Waals surface area contributed by atoms with E-state index in [9.17, 15) is 13.5 Å². The number of nitrogens with one attached hydrogen (secondary N) is 1. The number of likely N-dealkylation sites (N-methyl/N-ethyl adjacent to an activating group) is 1. The molecule has 5 rings (SSSR count). The van der Waals surface area contributed by atoms with Crippen LogP contribution >= 0.6 is 0 Å². The number of para-hydroxylation sites is 2. The molecule has 166 valence electrons. The first-order valence-electron chi connectivity index (χ1n) is 10.8. The lowest BCUT2D eigenvalue weighted by atomic mass is 10.1. The molecule has 32 heavy (non-hydrogen) atoms. The van der Waals surface area contributed by atoms with Crippen LogP contribution in [-0.4, -0.2) is 60.4 Å². The number of hydrogen-bond acceptors (Lipinski definition) is 6. The minimum absolute atomic E-state index is 0.107. The average molecular weight is 452 g/mol. The van der Waals surface area contributed by atoms with Crippen LogP contribution in [0.15, 0.2) is 63.2 Å². The Labute approximate surface area is 186 Å². The normalized spacial score (nSPS) is 17.6. The van der Waals surface area contributed by atoms with Crippen molar-refractivity contribution in [2.75, 3.05) is 32.7 Å². The van der Waals surface area contributed by atoms with Crippen molar-refractivity contribution in [2.45, 2.75) is 18.2 Å². The molecule has 1 fully saturated rings. The Bertz CT molecular complexity index is 1410. The number of aromatic amines is 1. The molecule has 1 aromatic heterocycles. The van der Waals surface area contributed by atoms with Crippen LogP contribution in [0.4, 0.5) is 0 Å². The van der Waals surface area contributed by atoms with Gasteiger partial charge in [0.15, 0.2) is 11.7 Å². The first-order valence-corrected chi connectivity index (χ1v) is 12.2. The molecule has 1 saturated heterocycles. The number of benzene rings is 2. The SMILES string of the molecule is CCN1CCCN(S(=O)(=O)c2cccc3[nH]c(O)c(C=C4N=c5ccccc5=N4)c23)CC1. The molecule has 2 aromatic carbocycles. The maximum absolute atomic E-state index is 13.7. The van der Waals surface area contributed by atoms with Crippen molar-refractivity contribution in [3.8, 4) is 5.88 Å². The standard InChI is InChI=1S/C23H25N5O3S/c1-2-27-11-6-12-28(14-13-27)32(30,31)20-10-5-9-19-22(20)16(23(29)26-19)15-21-24-17-7-3-4-8-18(17)25-21/h3-5,7-10,15,26,29H,2,6,11-14H2,1H3. The van der Waals surface area contributed by atoms with Crippen molar-refractivity contribution in [3.63, 3.8) is 0 Å². The summed E-state index contributed by atoms with van der Waals surface area (Å²) in [6.07, 6.45) is 2.42. The first kappa shape index (κ1) is 20.9. The maximum Gasteiger partial charge on any atom is 0.243 e. The predicted molar refractivity (Wildman–Crippen MR) is 122 cm³/mol. The van der Waals surface area contributed by atoms with Gasteiger partial charge in [-0.3, -0.25) is 0 Å². The maximum atomic E-state index is 13.7. The highest BCUT2D eigenvalue weighted by atomic mass is 32.2. The average Bonchev–Trinajstić information content (AvgIpc) is 3.23. The second-order valence-electron chi connectivity index (χ2n) is 7.97. The summed E-state index contributed by atoms with van der Waals surface area (Å²) in [7, 11) is -3.75. The van der Waals surface area contributed by atoms with Crippen LogP contribution in [0.25, 0.3) is 17.0 Å². The highest BCUT2D eigenvalue weighted by Gasteiger charge is 2.30. The van der Waals surface area contributed by atoms with Gasteiger partial charge in [-0.05, 0) is 49.9 Å². The van der Waals surface area contributed by atoms with E-state index in [1.807, 2.05) is 24.3 Å². The lowest BCUT2D eigenvalue weighted by Crippen LogP contribution is -2.35. The summed E-state index contributed by atoms with van der Waals surface area (Å²) in [4.78, 5) is 14.3. The van der Waals surface area contributed by atoms with Crippen LogP contribution in [0.1, 0.15) is 18.9 Å². The smallest absolute Gasteiger partial charge is 0.243 e. The molecule has 0 aliphatic carbocycles. The van der Waals surface area contributed by atoms with Crippen LogP contribution in [0.2, 0.25) is 0 Å². The highest BCUT2D eigenvalue weighted by molar-refractivity contribution is 7.89. The number of H-pyrrole nitrogens is 1. The molecule has 0 saturated carbocycles. The fourth-order valence-electron chi connectivity index (χ4n) is 4.34. The van der Waals surface area contributed by atoms with E-state index in [2.05, 4.69) is 26.8 Å². The molecule has 0 atom stereocenters. The molecule has 9 heteroatoms. The van der Waals surface area contributed by atoms with E-state index < -0.39 is 10.0 Å². The number of nitrogens with zero attached hydrogens (tertiary/aromatic N) is 4. The fourth-order valence-corrected chi connectivity index (χ4v) is 6.04. The van der Waals surface area contributed by atoms with E-state index in [0.717, 1.165) is 30.2 Å². The van der Waals surface area contributed by atoms with E-state index in [4.69, 9.17) is 0 Å². The zero-order valence-corrected chi connectivity index (χ0v) is 18.6. The highest BCUT2D eigenvalue weighted by Crippen LogP contribution is 2.35. The Hall–Kier alpha value is -3.01. The number of rotatable bonds is 4. The molecule has 0 amide bonds.